The first-order valence-electron chi connectivity index (χ1n) is 6.98. The topological polar surface area (TPSA) is 77.2 Å². The number of ether oxygens (including phenoxy) is 1. The third-order valence-electron chi connectivity index (χ3n) is 2.89. The molecule has 0 saturated carbocycles. The Balaban J connectivity index is 1.90. The molecule has 0 fully saturated rings. The molecule has 5 nitrogen and oxygen atoms in total. The summed E-state index contributed by atoms with van der Waals surface area (Å²) < 4.78 is 5.57. The first-order valence-corrected chi connectivity index (χ1v) is 7.35. The molecule has 0 saturated heterocycles. The number of anilines is 1. The second-order valence-corrected chi connectivity index (χ2v) is 5.44. The maximum Gasteiger partial charge on any atom is 0.224 e. The summed E-state index contributed by atoms with van der Waals surface area (Å²) in [5.41, 5.74) is 6.34. The van der Waals surface area contributed by atoms with E-state index < -0.39 is 0 Å². The Bertz CT molecular complexity index is 612. The Kier molecular flexibility index (Phi) is 5.75. The van der Waals surface area contributed by atoms with Crippen LogP contribution in [0.2, 0.25) is 5.02 Å². The fourth-order valence-electron chi connectivity index (χ4n) is 1.73. The molecule has 0 aliphatic rings. The third-order valence-corrected chi connectivity index (χ3v) is 3.11. The molecule has 6 heteroatoms. The number of pyridine rings is 1. The minimum Gasteiger partial charge on any atom is -0.439 e. The number of carbonyl (C=O) groups is 1. The van der Waals surface area contributed by atoms with Crippen molar-refractivity contribution in [3.8, 4) is 11.6 Å². The number of amides is 1. The Labute approximate surface area is 134 Å². The van der Waals surface area contributed by atoms with Crippen molar-refractivity contribution in [2.24, 2.45) is 5.73 Å². The van der Waals surface area contributed by atoms with Crippen LogP contribution in [0.25, 0.3) is 0 Å². The highest BCUT2D eigenvalue weighted by atomic mass is 35.5. The highest BCUT2D eigenvalue weighted by molar-refractivity contribution is 6.30. The van der Waals surface area contributed by atoms with Gasteiger partial charge < -0.3 is 15.8 Å². The zero-order valence-electron chi connectivity index (χ0n) is 12.3. The molecule has 22 heavy (non-hydrogen) atoms. The van der Waals surface area contributed by atoms with E-state index in [0.717, 1.165) is 0 Å². The van der Waals surface area contributed by atoms with Crippen molar-refractivity contribution in [2.45, 2.75) is 25.8 Å². The lowest BCUT2D eigenvalue weighted by Gasteiger charge is -2.08. The number of hydrogen-bond donors (Lipinski definition) is 2. The zero-order valence-corrected chi connectivity index (χ0v) is 13.0. The van der Waals surface area contributed by atoms with Crippen LogP contribution in [0.1, 0.15) is 19.8 Å². The van der Waals surface area contributed by atoms with Crippen LogP contribution in [0.15, 0.2) is 42.6 Å². The molecule has 0 radical (unpaired) electrons. The van der Waals surface area contributed by atoms with Gasteiger partial charge in [0.15, 0.2) is 0 Å². The van der Waals surface area contributed by atoms with E-state index in [0.29, 0.717) is 35.2 Å². The van der Waals surface area contributed by atoms with Crippen molar-refractivity contribution in [3.63, 3.8) is 0 Å². The molecule has 0 aliphatic heterocycles. The van der Waals surface area contributed by atoms with Crippen LogP contribution in [0.4, 0.5) is 5.69 Å². The van der Waals surface area contributed by atoms with E-state index in [-0.39, 0.29) is 11.9 Å². The quantitative estimate of drug-likeness (QED) is 0.853. The van der Waals surface area contributed by atoms with Crippen molar-refractivity contribution in [1.82, 2.24) is 4.98 Å². The van der Waals surface area contributed by atoms with Crippen LogP contribution in [0, 0.1) is 0 Å². The summed E-state index contributed by atoms with van der Waals surface area (Å²) >= 11 is 5.76. The maximum absolute atomic E-state index is 11.7. The van der Waals surface area contributed by atoms with Crippen LogP contribution >= 0.6 is 11.6 Å². The molecule has 0 aliphatic carbocycles. The van der Waals surface area contributed by atoms with Gasteiger partial charge in [-0.15, -0.1) is 0 Å². The molecule has 1 heterocycles. The number of nitrogens with zero attached hydrogens (tertiary/aromatic N) is 1. The van der Waals surface area contributed by atoms with Crippen molar-refractivity contribution in [1.29, 1.82) is 0 Å². The van der Waals surface area contributed by atoms with E-state index in [2.05, 4.69) is 10.3 Å². The highest BCUT2D eigenvalue weighted by Crippen LogP contribution is 2.22. The minimum absolute atomic E-state index is 0.0217. The molecule has 116 valence electrons. The Morgan fingerprint density at radius 2 is 2.05 bits per heavy atom. The average molecular weight is 320 g/mol. The van der Waals surface area contributed by atoms with Crippen LogP contribution < -0.4 is 15.8 Å². The van der Waals surface area contributed by atoms with Crippen LogP contribution in [-0.4, -0.2) is 16.9 Å². The van der Waals surface area contributed by atoms with Crippen LogP contribution in [0.3, 0.4) is 0 Å². The Morgan fingerprint density at radius 1 is 1.32 bits per heavy atom. The van der Waals surface area contributed by atoms with Crippen molar-refractivity contribution >= 4 is 23.2 Å². The predicted molar refractivity (Wildman–Crippen MR) is 87.3 cm³/mol. The number of rotatable bonds is 6. The van der Waals surface area contributed by atoms with Crippen molar-refractivity contribution in [3.05, 3.63) is 47.6 Å². The van der Waals surface area contributed by atoms with Crippen molar-refractivity contribution < 1.29 is 9.53 Å². The maximum atomic E-state index is 11.7. The number of halogens is 1. The smallest absolute Gasteiger partial charge is 0.224 e. The van der Waals surface area contributed by atoms with Gasteiger partial charge in [-0.05, 0) is 43.7 Å². The number of carbonyl (C=O) groups excluding carboxylic acids is 1. The molecular formula is C16H18ClN3O2. The van der Waals surface area contributed by atoms with Crippen LogP contribution in [0.5, 0.6) is 11.6 Å². The number of benzene rings is 1. The van der Waals surface area contributed by atoms with E-state index in [1.807, 2.05) is 6.92 Å². The molecule has 1 aromatic carbocycles. The summed E-state index contributed by atoms with van der Waals surface area (Å²) in [6.45, 7) is 1.88. The van der Waals surface area contributed by atoms with Gasteiger partial charge in [-0.1, -0.05) is 11.6 Å². The van der Waals surface area contributed by atoms with Gasteiger partial charge in [0.2, 0.25) is 11.8 Å². The first-order chi connectivity index (χ1) is 10.5. The lowest BCUT2D eigenvalue weighted by Crippen LogP contribution is -2.19. The third kappa shape index (κ3) is 5.35. The average Bonchev–Trinajstić information content (AvgIpc) is 2.49. The van der Waals surface area contributed by atoms with Gasteiger partial charge >= 0.3 is 0 Å². The standard InChI is InChI=1S/C16H18ClN3O2/c1-11(18)2-8-15(21)20-13-4-6-14(7-5-13)22-16-9-3-12(17)10-19-16/h3-7,9-11H,2,8,18H2,1H3,(H,20,21). The van der Waals surface area contributed by atoms with E-state index in [1.54, 1.807) is 36.4 Å². The lowest BCUT2D eigenvalue weighted by atomic mass is 10.2. The van der Waals surface area contributed by atoms with E-state index in [9.17, 15) is 4.79 Å². The second-order valence-electron chi connectivity index (χ2n) is 5.01. The summed E-state index contributed by atoms with van der Waals surface area (Å²) in [6.07, 6.45) is 2.59. The Hall–Kier alpha value is -2.11. The van der Waals surface area contributed by atoms with Gasteiger partial charge in [0, 0.05) is 30.4 Å². The summed E-state index contributed by atoms with van der Waals surface area (Å²) in [7, 11) is 0. The lowest BCUT2D eigenvalue weighted by molar-refractivity contribution is -0.116. The number of aromatic nitrogens is 1. The second kappa shape index (κ2) is 7.77. The van der Waals surface area contributed by atoms with Gasteiger partial charge in [-0.3, -0.25) is 4.79 Å². The zero-order chi connectivity index (χ0) is 15.9. The normalized spacial score (nSPS) is 11.8. The largest absolute Gasteiger partial charge is 0.439 e. The van der Waals surface area contributed by atoms with E-state index >= 15 is 0 Å². The molecule has 0 bridgehead atoms. The van der Waals surface area contributed by atoms with Gasteiger partial charge in [0.1, 0.15) is 5.75 Å². The fraction of sp³-hybridized carbons (Fsp3) is 0.250. The predicted octanol–water partition coefficient (Wildman–Crippen LogP) is 3.59. The van der Waals surface area contributed by atoms with Gasteiger partial charge in [0.05, 0.1) is 5.02 Å². The molecule has 0 spiro atoms. The SMILES string of the molecule is CC(N)CCC(=O)Nc1ccc(Oc2ccc(Cl)cn2)cc1. The summed E-state index contributed by atoms with van der Waals surface area (Å²) in [6, 6.07) is 10.5. The molecular weight excluding hydrogens is 302 g/mol. The van der Waals surface area contributed by atoms with E-state index in [1.165, 1.54) is 6.20 Å². The molecule has 2 aromatic rings. The Morgan fingerprint density at radius 3 is 2.64 bits per heavy atom. The molecule has 1 unspecified atom stereocenters. The molecule has 1 aromatic heterocycles. The minimum atomic E-state index is -0.0506. The molecule has 3 N–H and O–H groups in total. The summed E-state index contributed by atoms with van der Waals surface area (Å²) in [5, 5.41) is 3.37. The molecule has 2 rings (SSSR count). The number of nitrogens with one attached hydrogen (secondary N) is 1. The number of hydrogen-bond acceptors (Lipinski definition) is 4. The highest BCUT2D eigenvalue weighted by Gasteiger charge is 2.05. The van der Waals surface area contributed by atoms with Gasteiger partial charge in [-0.2, -0.15) is 0 Å². The summed E-state index contributed by atoms with van der Waals surface area (Å²) in [4.78, 5) is 15.8. The first kappa shape index (κ1) is 16.3. The van der Waals surface area contributed by atoms with Crippen molar-refractivity contribution in [2.75, 3.05) is 5.32 Å². The monoisotopic (exact) mass is 319 g/mol. The van der Waals surface area contributed by atoms with E-state index in [4.69, 9.17) is 22.1 Å². The molecule has 1 atom stereocenters. The number of nitrogens with two attached hydrogens (primary N) is 1. The van der Waals surface area contributed by atoms with Crippen LogP contribution in [-0.2, 0) is 4.79 Å². The molecule has 1 amide bonds. The summed E-state index contributed by atoms with van der Waals surface area (Å²) in [5.74, 6) is 1.03. The van der Waals surface area contributed by atoms with Gasteiger partial charge in [-0.25, -0.2) is 4.98 Å². The van der Waals surface area contributed by atoms with Gasteiger partial charge in [0.25, 0.3) is 0 Å². The fourth-order valence-corrected chi connectivity index (χ4v) is 1.84.